The van der Waals surface area contributed by atoms with Crippen molar-refractivity contribution < 1.29 is 9.22 Å². The second kappa shape index (κ2) is 4.83. The Kier molecular flexibility index (Phi) is 5.30. The fourth-order valence-electron chi connectivity index (χ4n) is 0.289. The summed E-state index contributed by atoms with van der Waals surface area (Å²) in [7, 11) is 4.81. The molecule has 44 valence electrons. The normalized spacial score (nSPS) is 10.3. The summed E-state index contributed by atoms with van der Waals surface area (Å²) < 4.78 is 14.4. The molecule has 0 N–H and O–H groups in total. The molecule has 0 aromatic rings. The maximum absolute atomic E-state index is 4.81. The summed E-state index contributed by atoms with van der Waals surface area (Å²) in [6, 6.07) is 0. The van der Waals surface area contributed by atoms with Crippen LogP contribution in [-0.2, 0) is 9.22 Å². The topological polar surface area (TPSA) is 27.7 Å². The molecule has 0 aliphatic rings. The van der Waals surface area contributed by atoms with Crippen LogP contribution in [0.3, 0.4) is 0 Å². The second-order valence-corrected chi connectivity index (χ2v) is 6.68. The summed E-state index contributed by atoms with van der Waals surface area (Å²) in [6.07, 6.45) is 0. The molecule has 0 aromatic carbocycles. The Hall–Kier alpha value is 0.679. The molecule has 0 radical (unpaired) electrons. The van der Waals surface area contributed by atoms with E-state index in [0.717, 1.165) is 0 Å². The van der Waals surface area contributed by atoms with Crippen LogP contribution >= 0.6 is 0 Å². The molecule has 0 unspecified atom stereocenters. The fraction of sp³-hybridized carbons (Fsp3) is 1.00. The number of rotatable bonds is 3. The Morgan fingerprint density at radius 1 is 0.857 bits per heavy atom. The van der Waals surface area contributed by atoms with Crippen LogP contribution < -0.4 is 0 Å². The average Bonchev–Trinajstić information content (AvgIpc) is 1.72. The first-order valence-corrected chi connectivity index (χ1v) is 5.97. The Morgan fingerprint density at radius 3 is 1.14 bits per heavy atom. The SMILES string of the molecule is C[O][SnH]([O]C)[O]C. The first-order valence-electron chi connectivity index (χ1n) is 1.93. The van der Waals surface area contributed by atoms with E-state index in [-0.39, 0.29) is 0 Å². The van der Waals surface area contributed by atoms with Gasteiger partial charge in [-0.15, -0.1) is 0 Å². The average molecular weight is 213 g/mol. The second-order valence-electron chi connectivity index (χ2n) is 0.996. The first kappa shape index (κ1) is 7.68. The molecule has 0 saturated heterocycles. The molecule has 7 heavy (non-hydrogen) atoms. The summed E-state index contributed by atoms with van der Waals surface area (Å²) in [5, 5.41) is 0. The van der Waals surface area contributed by atoms with Gasteiger partial charge in [0, 0.05) is 0 Å². The molecule has 0 aromatic heterocycles. The third-order valence-corrected chi connectivity index (χ3v) is 3.87. The van der Waals surface area contributed by atoms with Gasteiger partial charge in [-0.25, -0.2) is 0 Å². The van der Waals surface area contributed by atoms with Crippen molar-refractivity contribution >= 4 is 21.0 Å². The Balaban J connectivity index is 2.99. The van der Waals surface area contributed by atoms with E-state index in [0.29, 0.717) is 0 Å². The number of hydrogen-bond donors (Lipinski definition) is 0. The Bertz CT molecular complexity index is 31.7. The first-order chi connectivity index (χ1) is 3.35. The zero-order valence-electron chi connectivity index (χ0n) is 4.80. The van der Waals surface area contributed by atoms with Crippen molar-refractivity contribution in [1.29, 1.82) is 0 Å². The Morgan fingerprint density at radius 2 is 1.14 bits per heavy atom. The van der Waals surface area contributed by atoms with Crippen LogP contribution in [0.15, 0.2) is 0 Å². The van der Waals surface area contributed by atoms with Crippen LogP contribution in [0.1, 0.15) is 0 Å². The van der Waals surface area contributed by atoms with Gasteiger partial charge in [-0.2, -0.15) is 0 Å². The van der Waals surface area contributed by atoms with Gasteiger partial charge < -0.3 is 0 Å². The quantitative estimate of drug-likeness (QED) is 0.599. The molecule has 4 heteroatoms. The molecule has 0 spiro atoms. The van der Waals surface area contributed by atoms with Crippen LogP contribution in [-0.4, -0.2) is 42.3 Å². The number of hydrogen-bond acceptors (Lipinski definition) is 3. The van der Waals surface area contributed by atoms with E-state index in [2.05, 4.69) is 0 Å². The van der Waals surface area contributed by atoms with Crippen molar-refractivity contribution in [2.75, 3.05) is 21.3 Å². The van der Waals surface area contributed by atoms with Gasteiger partial charge in [0.2, 0.25) is 0 Å². The molecule has 0 amide bonds. The summed E-state index contributed by atoms with van der Waals surface area (Å²) in [6.45, 7) is 0. The van der Waals surface area contributed by atoms with Gasteiger partial charge in [-0.05, 0) is 0 Å². The Labute approximate surface area is 51.9 Å². The van der Waals surface area contributed by atoms with Crippen LogP contribution in [0.5, 0.6) is 0 Å². The van der Waals surface area contributed by atoms with Gasteiger partial charge in [0.05, 0.1) is 0 Å². The van der Waals surface area contributed by atoms with E-state index in [1.807, 2.05) is 0 Å². The molecule has 0 bridgehead atoms. The fourth-order valence-corrected chi connectivity index (χ4v) is 1.94. The predicted molar refractivity (Wildman–Crippen MR) is 28.2 cm³/mol. The van der Waals surface area contributed by atoms with Gasteiger partial charge in [0.1, 0.15) is 0 Å². The van der Waals surface area contributed by atoms with E-state index >= 15 is 0 Å². The van der Waals surface area contributed by atoms with E-state index in [1.54, 1.807) is 21.3 Å². The van der Waals surface area contributed by atoms with Crippen LogP contribution in [0.2, 0.25) is 0 Å². The van der Waals surface area contributed by atoms with Crippen LogP contribution in [0.4, 0.5) is 0 Å². The van der Waals surface area contributed by atoms with Crippen molar-refractivity contribution in [2.24, 2.45) is 0 Å². The van der Waals surface area contributed by atoms with E-state index in [1.165, 1.54) is 0 Å². The molecule has 0 rings (SSSR count). The van der Waals surface area contributed by atoms with E-state index in [9.17, 15) is 0 Å². The van der Waals surface area contributed by atoms with Gasteiger partial charge in [0.25, 0.3) is 0 Å². The molecule has 0 saturated carbocycles. The summed E-state index contributed by atoms with van der Waals surface area (Å²) in [5.41, 5.74) is 0. The third kappa shape index (κ3) is 3.28. The minimum absolute atomic E-state index is 1.60. The maximum atomic E-state index is 4.81. The summed E-state index contributed by atoms with van der Waals surface area (Å²) >= 11 is -2.26. The molecule has 0 fully saturated rings. The van der Waals surface area contributed by atoms with Crippen molar-refractivity contribution in [3.05, 3.63) is 0 Å². The van der Waals surface area contributed by atoms with E-state index in [4.69, 9.17) is 9.22 Å². The van der Waals surface area contributed by atoms with Gasteiger partial charge in [-0.3, -0.25) is 0 Å². The van der Waals surface area contributed by atoms with Crippen LogP contribution in [0, 0.1) is 0 Å². The van der Waals surface area contributed by atoms with Crippen LogP contribution in [0.25, 0.3) is 0 Å². The van der Waals surface area contributed by atoms with Crippen molar-refractivity contribution in [1.82, 2.24) is 0 Å². The predicted octanol–water partition coefficient (Wildman–Crippen LogP) is -0.357. The van der Waals surface area contributed by atoms with Gasteiger partial charge in [0.15, 0.2) is 0 Å². The minimum atomic E-state index is -2.26. The molecular weight excluding hydrogens is 203 g/mol. The van der Waals surface area contributed by atoms with Gasteiger partial charge >= 0.3 is 51.6 Å². The molecule has 0 aliphatic carbocycles. The third-order valence-electron chi connectivity index (χ3n) is 0.577. The standard InChI is InChI=1S/3CH3O.Sn.H/c3*1-2;;/h3*1H3;;/q3*-1;+3;. The zero-order valence-corrected chi connectivity index (χ0v) is 8.10. The molecule has 0 aliphatic heterocycles. The van der Waals surface area contributed by atoms with Crippen molar-refractivity contribution in [3.8, 4) is 0 Å². The zero-order chi connectivity index (χ0) is 5.70. The van der Waals surface area contributed by atoms with Crippen molar-refractivity contribution in [3.63, 3.8) is 0 Å². The molecular formula is C3H10O3Sn. The summed E-state index contributed by atoms with van der Waals surface area (Å²) in [4.78, 5) is 0. The summed E-state index contributed by atoms with van der Waals surface area (Å²) in [5.74, 6) is 0. The molecule has 0 heterocycles. The van der Waals surface area contributed by atoms with Gasteiger partial charge in [-0.1, -0.05) is 0 Å². The monoisotopic (exact) mass is 214 g/mol. The van der Waals surface area contributed by atoms with E-state index < -0.39 is 21.0 Å². The van der Waals surface area contributed by atoms with Crippen molar-refractivity contribution in [2.45, 2.75) is 0 Å². The molecule has 0 atom stereocenters. The molecule has 3 nitrogen and oxygen atoms in total.